The van der Waals surface area contributed by atoms with E-state index in [0.29, 0.717) is 17.5 Å². The molecule has 2 aromatic rings. The van der Waals surface area contributed by atoms with Gasteiger partial charge in [0, 0.05) is 10.5 Å². The standard InChI is InChI=1S/C21H23BrN2O3S/c22-17-5-4-6-18(13-17)24(28(26,27)19-7-2-1-3-8-19)14-21(25)23-20-12-15-9-10-16(20)11-15/h1-8,13,15-16,20H,9-12,14H2,(H,23,25)/t15-,16-,20+/m1/s1. The molecule has 2 saturated carbocycles. The van der Waals surface area contributed by atoms with Crippen LogP contribution in [0, 0.1) is 11.8 Å². The Kier molecular flexibility index (Phi) is 5.47. The van der Waals surface area contributed by atoms with Crippen molar-refractivity contribution in [2.24, 2.45) is 11.8 Å². The number of amides is 1. The van der Waals surface area contributed by atoms with Crippen LogP contribution in [0.25, 0.3) is 0 Å². The van der Waals surface area contributed by atoms with Gasteiger partial charge in [-0.05, 0) is 61.4 Å². The van der Waals surface area contributed by atoms with Gasteiger partial charge in [0.25, 0.3) is 10.0 Å². The molecule has 1 N–H and O–H groups in total. The number of benzene rings is 2. The SMILES string of the molecule is O=C(CN(c1cccc(Br)c1)S(=O)(=O)c1ccccc1)N[C@H]1C[C@@H]2CC[C@@H]1C2. The smallest absolute Gasteiger partial charge is 0.264 e. The average Bonchev–Trinajstić information content (AvgIpc) is 3.30. The number of nitrogens with one attached hydrogen (secondary N) is 1. The van der Waals surface area contributed by atoms with Gasteiger partial charge in [0.15, 0.2) is 0 Å². The second-order valence-electron chi connectivity index (χ2n) is 7.65. The Balaban J connectivity index is 1.59. The third-order valence-electron chi connectivity index (χ3n) is 5.80. The van der Waals surface area contributed by atoms with Crippen molar-refractivity contribution in [3.8, 4) is 0 Å². The van der Waals surface area contributed by atoms with Crippen molar-refractivity contribution in [1.29, 1.82) is 0 Å². The lowest BCUT2D eigenvalue weighted by molar-refractivity contribution is -0.120. The summed E-state index contributed by atoms with van der Waals surface area (Å²) in [5, 5.41) is 3.09. The molecular formula is C21H23BrN2O3S. The van der Waals surface area contributed by atoms with Crippen LogP contribution < -0.4 is 9.62 Å². The Morgan fingerprint density at radius 2 is 1.86 bits per heavy atom. The quantitative estimate of drug-likeness (QED) is 0.706. The van der Waals surface area contributed by atoms with E-state index in [-0.39, 0.29) is 23.4 Å². The molecular weight excluding hydrogens is 440 g/mol. The first kappa shape index (κ1) is 19.5. The van der Waals surface area contributed by atoms with E-state index in [1.54, 1.807) is 48.5 Å². The number of fused-ring (bicyclic) bond motifs is 2. The number of sulfonamides is 1. The third-order valence-corrected chi connectivity index (χ3v) is 8.08. The van der Waals surface area contributed by atoms with Crippen molar-refractivity contribution in [2.45, 2.75) is 36.6 Å². The molecule has 0 heterocycles. The van der Waals surface area contributed by atoms with Crippen LogP contribution in [0.3, 0.4) is 0 Å². The molecule has 5 nitrogen and oxygen atoms in total. The van der Waals surface area contributed by atoms with Crippen LogP contribution in [0.15, 0.2) is 64.0 Å². The van der Waals surface area contributed by atoms with Crippen molar-refractivity contribution in [2.75, 3.05) is 10.8 Å². The molecule has 2 aliphatic rings. The number of rotatable bonds is 6. The summed E-state index contributed by atoms with van der Waals surface area (Å²) < 4.78 is 28.5. The topological polar surface area (TPSA) is 66.5 Å². The summed E-state index contributed by atoms with van der Waals surface area (Å²) in [5.74, 6) is 1.00. The van der Waals surface area contributed by atoms with Crippen LogP contribution in [0.4, 0.5) is 5.69 Å². The fourth-order valence-corrected chi connectivity index (χ4v) is 6.29. The van der Waals surface area contributed by atoms with Crippen molar-refractivity contribution >= 4 is 37.5 Å². The van der Waals surface area contributed by atoms with Crippen molar-refractivity contribution in [1.82, 2.24) is 5.32 Å². The molecule has 7 heteroatoms. The number of hydrogen-bond acceptors (Lipinski definition) is 3. The second kappa shape index (κ2) is 7.87. The van der Waals surface area contributed by atoms with Crippen LogP contribution >= 0.6 is 15.9 Å². The van der Waals surface area contributed by atoms with Gasteiger partial charge in [-0.15, -0.1) is 0 Å². The number of nitrogens with zero attached hydrogens (tertiary/aromatic N) is 1. The lowest BCUT2D eigenvalue weighted by Gasteiger charge is -2.27. The van der Waals surface area contributed by atoms with Crippen LogP contribution in [0.5, 0.6) is 0 Å². The molecule has 2 bridgehead atoms. The zero-order valence-electron chi connectivity index (χ0n) is 15.4. The fourth-order valence-electron chi connectivity index (χ4n) is 4.47. The van der Waals surface area contributed by atoms with Crippen molar-refractivity contribution in [3.63, 3.8) is 0 Å². The average molecular weight is 463 g/mol. The molecule has 4 rings (SSSR count). The monoisotopic (exact) mass is 462 g/mol. The zero-order chi connectivity index (χ0) is 19.7. The molecule has 0 aromatic heterocycles. The summed E-state index contributed by atoms with van der Waals surface area (Å²) in [6, 6.07) is 15.4. The molecule has 3 atom stereocenters. The number of carbonyl (C=O) groups excluding carboxylic acids is 1. The Hall–Kier alpha value is -1.86. The highest BCUT2D eigenvalue weighted by atomic mass is 79.9. The maximum atomic E-state index is 13.3. The minimum absolute atomic E-state index is 0.169. The van der Waals surface area contributed by atoms with Gasteiger partial charge in [-0.2, -0.15) is 0 Å². The molecule has 0 radical (unpaired) electrons. The highest BCUT2D eigenvalue weighted by Gasteiger charge is 2.40. The minimum atomic E-state index is -3.86. The molecule has 1 amide bonds. The molecule has 0 unspecified atom stereocenters. The third kappa shape index (κ3) is 3.96. The highest BCUT2D eigenvalue weighted by molar-refractivity contribution is 9.10. The number of halogens is 1. The molecule has 0 spiro atoms. The predicted molar refractivity (Wildman–Crippen MR) is 112 cm³/mol. The van der Waals surface area contributed by atoms with Gasteiger partial charge in [0.1, 0.15) is 6.54 Å². The molecule has 2 fully saturated rings. The lowest BCUT2D eigenvalue weighted by Crippen LogP contribution is -2.46. The summed E-state index contributed by atoms with van der Waals surface area (Å²) >= 11 is 3.39. The van der Waals surface area contributed by atoms with E-state index in [1.165, 1.54) is 17.1 Å². The summed E-state index contributed by atoms with van der Waals surface area (Å²) in [5.41, 5.74) is 0.460. The largest absolute Gasteiger partial charge is 0.352 e. The normalized spacial score (nSPS) is 23.5. The number of hydrogen-bond donors (Lipinski definition) is 1. The van der Waals surface area contributed by atoms with Crippen molar-refractivity contribution < 1.29 is 13.2 Å². The number of anilines is 1. The molecule has 0 saturated heterocycles. The van der Waals surface area contributed by atoms with Gasteiger partial charge in [-0.25, -0.2) is 8.42 Å². The summed E-state index contributed by atoms with van der Waals surface area (Å²) in [4.78, 5) is 13.0. The molecule has 28 heavy (non-hydrogen) atoms. The van der Waals surface area contributed by atoms with Gasteiger partial charge in [0.05, 0.1) is 10.6 Å². The van der Waals surface area contributed by atoms with E-state index in [1.807, 2.05) is 6.07 Å². The van der Waals surface area contributed by atoms with Crippen LogP contribution in [0.2, 0.25) is 0 Å². The highest BCUT2D eigenvalue weighted by Crippen LogP contribution is 2.44. The summed E-state index contributed by atoms with van der Waals surface area (Å²) in [7, 11) is -3.86. The van der Waals surface area contributed by atoms with Crippen LogP contribution in [-0.4, -0.2) is 26.9 Å². The molecule has 2 aliphatic carbocycles. The minimum Gasteiger partial charge on any atom is -0.352 e. The maximum Gasteiger partial charge on any atom is 0.264 e. The first-order valence-electron chi connectivity index (χ1n) is 9.56. The second-order valence-corrected chi connectivity index (χ2v) is 10.4. The van der Waals surface area contributed by atoms with Gasteiger partial charge < -0.3 is 5.32 Å². The van der Waals surface area contributed by atoms with Crippen LogP contribution in [0.1, 0.15) is 25.7 Å². The van der Waals surface area contributed by atoms with E-state index in [9.17, 15) is 13.2 Å². The molecule has 2 aromatic carbocycles. The Bertz CT molecular complexity index is 965. The Labute approximate surface area is 174 Å². The zero-order valence-corrected chi connectivity index (χ0v) is 17.8. The maximum absolute atomic E-state index is 13.3. The van der Waals surface area contributed by atoms with E-state index in [4.69, 9.17) is 0 Å². The van der Waals surface area contributed by atoms with Gasteiger partial charge in [-0.3, -0.25) is 9.10 Å². The van der Waals surface area contributed by atoms with Crippen LogP contribution in [-0.2, 0) is 14.8 Å². The predicted octanol–water partition coefficient (Wildman–Crippen LogP) is 3.95. The molecule has 148 valence electrons. The van der Waals surface area contributed by atoms with Gasteiger partial charge >= 0.3 is 0 Å². The first-order valence-corrected chi connectivity index (χ1v) is 11.8. The molecule has 0 aliphatic heterocycles. The van der Waals surface area contributed by atoms with Gasteiger partial charge in [-0.1, -0.05) is 46.6 Å². The van der Waals surface area contributed by atoms with Gasteiger partial charge in [0.2, 0.25) is 5.91 Å². The Morgan fingerprint density at radius 3 is 2.50 bits per heavy atom. The van der Waals surface area contributed by atoms with E-state index >= 15 is 0 Å². The fraction of sp³-hybridized carbons (Fsp3) is 0.381. The lowest BCUT2D eigenvalue weighted by atomic mass is 9.95. The van der Waals surface area contributed by atoms with E-state index < -0.39 is 10.0 Å². The summed E-state index contributed by atoms with van der Waals surface area (Å²) in [6.07, 6.45) is 4.61. The van der Waals surface area contributed by atoms with Crippen molar-refractivity contribution in [3.05, 3.63) is 59.1 Å². The first-order chi connectivity index (χ1) is 13.4. The summed E-state index contributed by atoms with van der Waals surface area (Å²) in [6.45, 7) is -0.235. The number of carbonyl (C=O) groups is 1. The Morgan fingerprint density at radius 1 is 1.07 bits per heavy atom. The van der Waals surface area contributed by atoms with E-state index in [0.717, 1.165) is 17.3 Å². The van der Waals surface area contributed by atoms with E-state index in [2.05, 4.69) is 21.2 Å².